The first-order chi connectivity index (χ1) is 9.93. The molecule has 0 radical (unpaired) electrons. The third-order valence-electron chi connectivity index (χ3n) is 3.11. The molecule has 1 aromatic carbocycles. The van der Waals surface area contributed by atoms with E-state index in [9.17, 15) is 4.39 Å². The number of benzene rings is 1. The van der Waals surface area contributed by atoms with Crippen molar-refractivity contribution in [1.82, 2.24) is 10.2 Å². The van der Waals surface area contributed by atoms with Crippen molar-refractivity contribution in [2.75, 3.05) is 12.4 Å². The molecule has 110 valence electrons. The van der Waals surface area contributed by atoms with Crippen LogP contribution in [0.3, 0.4) is 0 Å². The summed E-state index contributed by atoms with van der Waals surface area (Å²) >= 11 is 5.07. The van der Waals surface area contributed by atoms with Crippen LogP contribution in [0, 0.1) is 19.7 Å². The van der Waals surface area contributed by atoms with E-state index < -0.39 is 5.82 Å². The van der Waals surface area contributed by atoms with Crippen LogP contribution < -0.4 is 15.8 Å². The molecule has 0 unspecified atom stereocenters. The Hall–Kier alpha value is -2.28. The summed E-state index contributed by atoms with van der Waals surface area (Å²) in [5.41, 5.74) is 8.59. The standard InChI is InChI=1S/C14H15FN4OS/c1-7-8(2)18-19-14(12(7)13(16)21)17-9-4-5-10(15)11(6-9)20-3/h4-6H,1-3H3,(H2,16,21)(H,17,19). The van der Waals surface area contributed by atoms with Gasteiger partial charge in [0.15, 0.2) is 17.4 Å². The zero-order valence-electron chi connectivity index (χ0n) is 11.9. The van der Waals surface area contributed by atoms with E-state index in [1.165, 1.54) is 19.2 Å². The summed E-state index contributed by atoms with van der Waals surface area (Å²) in [6.45, 7) is 3.70. The van der Waals surface area contributed by atoms with E-state index in [1.54, 1.807) is 6.07 Å². The van der Waals surface area contributed by atoms with Gasteiger partial charge >= 0.3 is 0 Å². The summed E-state index contributed by atoms with van der Waals surface area (Å²) in [6.07, 6.45) is 0. The fraction of sp³-hybridized carbons (Fsp3) is 0.214. The molecule has 0 aliphatic rings. The van der Waals surface area contributed by atoms with Gasteiger partial charge in [0.25, 0.3) is 0 Å². The molecule has 21 heavy (non-hydrogen) atoms. The molecular weight excluding hydrogens is 291 g/mol. The minimum Gasteiger partial charge on any atom is -0.494 e. The number of anilines is 2. The van der Waals surface area contributed by atoms with Gasteiger partial charge in [-0.15, -0.1) is 5.10 Å². The first-order valence-corrected chi connectivity index (χ1v) is 6.59. The zero-order valence-corrected chi connectivity index (χ0v) is 12.7. The van der Waals surface area contributed by atoms with Crippen molar-refractivity contribution in [2.24, 2.45) is 5.73 Å². The number of hydrogen-bond donors (Lipinski definition) is 2. The minimum atomic E-state index is -0.441. The minimum absolute atomic E-state index is 0.133. The molecule has 5 nitrogen and oxygen atoms in total. The van der Waals surface area contributed by atoms with Crippen LogP contribution in [0.2, 0.25) is 0 Å². The van der Waals surface area contributed by atoms with Crippen molar-refractivity contribution in [3.63, 3.8) is 0 Å². The number of nitrogens with zero attached hydrogens (tertiary/aromatic N) is 2. The second-order valence-electron chi connectivity index (χ2n) is 4.47. The van der Waals surface area contributed by atoms with Gasteiger partial charge in [0.05, 0.1) is 18.4 Å². The van der Waals surface area contributed by atoms with Gasteiger partial charge in [-0.2, -0.15) is 5.10 Å². The van der Waals surface area contributed by atoms with Gasteiger partial charge in [0, 0.05) is 11.8 Å². The summed E-state index contributed by atoms with van der Waals surface area (Å²) in [7, 11) is 1.40. The topological polar surface area (TPSA) is 73.1 Å². The number of aryl methyl sites for hydroxylation is 1. The van der Waals surface area contributed by atoms with Crippen LogP contribution in [0.15, 0.2) is 18.2 Å². The van der Waals surface area contributed by atoms with Gasteiger partial charge < -0.3 is 15.8 Å². The largest absolute Gasteiger partial charge is 0.494 e. The maximum absolute atomic E-state index is 13.4. The molecule has 0 saturated carbocycles. The predicted octanol–water partition coefficient (Wildman–Crippen LogP) is 2.62. The number of halogens is 1. The molecule has 0 aliphatic heterocycles. The Balaban J connectivity index is 2.44. The quantitative estimate of drug-likeness (QED) is 0.846. The highest BCUT2D eigenvalue weighted by Gasteiger charge is 2.14. The van der Waals surface area contributed by atoms with E-state index in [0.717, 1.165) is 11.3 Å². The van der Waals surface area contributed by atoms with Crippen molar-refractivity contribution in [1.29, 1.82) is 0 Å². The van der Waals surface area contributed by atoms with Gasteiger partial charge in [0.2, 0.25) is 0 Å². The second kappa shape index (κ2) is 6.01. The lowest BCUT2D eigenvalue weighted by Gasteiger charge is -2.13. The van der Waals surface area contributed by atoms with Crippen LogP contribution in [0.25, 0.3) is 0 Å². The molecule has 3 N–H and O–H groups in total. The van der Waals surface area contributed by atoms with E-state index in [1.807, 2.05) is 13.8 Å². The summed E-state index contributed by atoms with van der Waals surface area (Å²) in [5.74, 6) is 0.122. The van der Waals surface area contributed by atoms with Crippen molar-refractivity contribution in [2.45, 2.75) is 13.8 Å². The Labute approximate surface area is 127 Å². The number of nitrogens with two attached hydrogens (primary N) is 1. The first-order valence-electron chi connectivity index (χ1n) is 6.18. The average molecular weight is 306 g/mol. The molecule has 1 heterocycles. The van der Waals surface area contributed by atoms with E-state index in [-0.39, 0.29) is 10.7 Å². The van der Waals surface area contributed by atoms with E-state index in [2.05, 4.69) is 15.5 Å². The van der Waals surface area contributed by atoms with Crippen LogP contribution in [0.4, 0.5) is 15.9 Å². The molecule has 2 aromatic rings. The van der Waals surface area contributed by atoms with Crippen molar-refractivity contribution < 1.29 is 9.13 Å². The Morgan fingerprint density at radius 3 is 2.67 bits per heavy atom. The number of ether oxygens (including phenoxy) is 1. The number of nitrogens with one attached hydrogen (secondary N) is 1. The number of methoxy groups -OCH3 is 1. The van der Waals surface area contributed by atoms with Crippen molar-refractivity contribution in [3.8, 4) is 5.75 Å². The maximum atomic E-state index is 13.4. The van der Waals surface area contributed by atoms with Gasteiger partial charge in [-0.1, -0.05) is 12.2 Å². The highest BCUT2D eigenvalue weighted by molar-refractivity contribution is 7.80. The Kier molecular flexibility index (Phi) is 4.32. The monoisotopic (exact) mass is 306 g/mol. The fourth-order valence-corrected chi connectivity index (χ4v) is 2.12. The summed E-state index contributed by atoms with van der Waals surface area (Å²) in [6, 6.07) is 4.39. The van der Waals surface area contributed by atoms with E-state index in [4.69, 9.17) is 22.7 Å². The summed E-state index contributed by atoms with van der Waals surface area (Å²) < 4.78 is 18.4. The van der Waals surface area contributed by atoms with Crippen molar-refractivity contribution in [3.05, 3.63) is 40.8 Å². The van der Waals surface area contributed by atoms with Crippen LogP contribution in [0.1, 0.15) is 16.8 Å². The Morgan fingerprint density at radius 1 is 1.33 bits per heavy atom. The molecule has 0 bridgehead atoms. The smallest absolute Gasteiger partial charge is 0.165 e. The van der Waals surface area contributed by atoms with Crippen LogP contribution in [0.5, 0.6) is 5.75 Å². The molecule has 7 heteroatoms. The summed E-state index contributed by atoms with van der Waals surface area (Å²) in [4.78, 5) is 0.224. The third kappa shape index (κ3) is 3.08. The first kappa shape index (κ1) is 15.1. The predicted molar refractivity (Wildman–Crippen MR) is 83.6 cm³/mol. The molecule has 0 atom stereocenters. The van der Waals surface area contributed by atoms with Crippen LogP contribution in [-0.4, -0.2) is 22.3 Å². The lowest BCUT2D eigenvalue weighted by molar-refractivity contribution is 0.387. The van der Waals surface area contributed by atoms with Gasteiger partial charge in [-0.05, 0) is 31.5 Å². The Bertz CT molecular complexity index is 706. The lowest BCUT2D eigenvalue weighted by atomic mass is 10.1. The molecule has 0 aliphatic carbocycles. The van der Waals surface area contributed by atoms with Crippen LogP contribution >= 0.6 is 12.2 Å². The Morgan fingerprint density at radius 2 is 2.05 bits per heavy atom. The normalized spacial score (nSPS) is 10.3. The highest BCUT2D eigenvalue weighted by atomic mass is 32.1. The molecule has 0 amide bonds. The number of aromatic nitrogens is 2. The zero-order chi connectivity index (χ0) is 15.6. The number of thiocarbonyl (C=S) groups is 1. The molecular formula is C14H15FN4OS. The van der Waals surface area contributed by atoms with Crippen molar-refractivity contribution >= 4 is 28.7 Å². The number of hydrogen-bond acceptors (Lipinski definition) is 5. The molecule has 1 aromatic heterocycles. The fourth-order valence-electron chi connectivity index (χ4n) is 1.87. The third-order valence-corrected chi connectivity index (χ3v) is 3.32. The van der Waals surface area contributed by atoms with E-state index >= 15 is 0 Å². The van der Waals surface area contributed by atoms with Gasteiger partial charge in [0.1, 0.15) is 4.99 Å². The SMILES string of the molecule is COc1cc(Nc2nnc(C)c(C)c2C(N)=S)ccc1F. The van der Waals surface area contributed by atoms with Gasteiger partial charge in [-0.3, -0.25) is 0 Å². The maximum Gasteiger partial charge on any atom is 0.165 e. The number of rotatable bonds is 4. The molecule has 0 saturated heterocycles. The van der Waals surface area contributed by atoms with Gasteiger partial charge in [-0.25, -0.2) is 4.39 Å². The average Bonchev–Trinajstić information content (AvgIpc) is 2.44. The van der Waals surface area contributed by atoms with E-state index in [0.29, 0.717) is 17.1 Å². The summed E-state index contributed by atoms with van der Waals surface area (Å²) in [5, 5.41) is 11.2. The lowest BCUT2D eigenvalue weighted by Crippen LogP contribution is -2.16. The highest BCUT2D eigenvalue weighted by Crippen LogP contribution is 2.26. The molecule has 2 rings (SSSR count). The molecule has 0 fully saturated rings. The van der Waals surface area contributed by atoms with Crippen LogP contribution in [-0.2, 0) is 0 Å². The second-order valence-corrected chi connectivity index (χ2v) is 4.91. The molecule has 0 spiro atoms.